The van der Waals surface area contributed by atoms with E-state index in [2.05, 4.69) is 4.98 Å². The number of halogens is 1. The van der Waals surface area contributed by atoms with Gasteiger partial charge >= 0.3 is 5.97 Å². The summed E-state index contributed by atoms with van der Waals surface area (Å²) in [7, 11) is 0. The molecule has 1 unspecified atom stereocenters. The Balaban J connectivity index is 2.31. The minimum Gasteiger partial charge on any atom is -0.481 e. The monoisotopic (exact) mass is 294 g/mol. The molecule has 1 atom stereocenters. The van der Waals surface area contributed by atoms with Crippen molar-refractivity contribution in [3.63, 3.8) is 0 Å². The fourth-order valence-electron chi connectivity index (χ4n) is 2.04. The first kappa shape index (κ1) is 14.6. The summed E-state index contributed by atoms with van der Waals surface area (Å²) >= 11 is 1.16. The highest BCUT2D eigenvalue weighted by molar-refractivity contribution is 7.99. The molecule has 1 N–H and O–H groups in total. The fraction of sp³-hybridized carbons (Fsp3) is 0.286. The molecule has 0 aliphatic heterocycles. The lowest BCUT2D eigenvalue weighted by molar-refractivity contribution is -0.133. The molecule has 2 aromatic rings. The second kappa shape index (κ2) is 6.09. The molecular weight excluding hydrogens is 279 g/mol. The minimum atomic E-state index is -0.888. The van der Waals surface area contributed by atoms with Crippen molar-refractivity contribution in [2.24, 2.45) is 0 Å². The molecule has 0 aliphatic rings. The molecule has 0 amide bonds. The summed E-state index contributed by atoms with van der Waals surface area (Å²) in [6.45, 7) is 3.84. The largest absolute Gasteiger partial charge is 0.481 e. The van der Waals surface area contributed by atoms with E-state index in [0.717, 1.165) is 23.0 Å². The molecule has 106 valence electrons. The van der Waals surface area contributed by atoms with Crippen LogP contribution in [0.1, 0.15) is 24.2 Å². The zero-order chi connectivity index (χ0) is 14.7. The molecule has 0 radical (unpaired) electrons. The molecule has 0 aliphatic carbocycles. The van der Waals surface area contributed by atoms with Gasteiger partial charge in [-0.3, -0.25) is 4.79 Å². The number of carbonyl (C=O) groups is 1. The van der Waals surface area contributed by atoms with Gasteiger partial charge in [-0.25, -0.2) is 9.37 Å². The van der Waals surface area contributed by atoms with Crippen LogP contribution in [0.15, 0.2) is 35.6 Å². The van der Waals surface area contributed by atoms with Gasteiger partial charge in [-0.05, 0) is 31.5 Å². The van der Waals surface area contributed by atoms with E-state index in [0.29, 0.717) is 5.16 Å². The number of nitrogens with zero attached hydrogens (tertiary/aromatic N) is 2. The number of hydrogen-bond acceptors (Lipinski definition) is 3. The number of aliphatic carboxylic acids is 1. The highest BCUT2D eigenvalue weighted by Gasteiger charge is 2.16. The highest BCUT2D eigenvalue weighted by Crippen LogP contribution is 2.27. The molecule has 20 heavy (non-hydrogen) atoms. The molecule has 0 fully saturated rings. The topological polar surface area (TPSA) is 55.1 Å². The Hall–Kier alpha value is -1.82. The molecule has 0 saturated heterocycles. The van der Waals surface area contributed by atoms with Crippen molar-refractivity contribution in [2.45, 2.75) is 25.0 Å². The number of carboxylic acid groups (broad SMARTS) is 1. The number of thioether (sulfide) groups is 1. The van der Waals surface area contributed by atoms with Gasteiger partial charge < -0.3 is 9.67 Å². The first-order valence-electron chi connectivity index (χ1n) is 6.13. The van der Waals surface area contributed by atoms with Crippen LogP contribution >= 0.6 is 11.8 Å². The number of imidazole rings is 1. The Morgan fingerprint density at radius 3 is 2.95 bits per heavy atom. The minimum absolute atomic E-state index is 0.0493. The van der Waals surface area contributed by atoms with Gasteiger partial charge in [0.15, 0.2) is 5.16 Å². The van der Waals surface area contributed by atoms with Gasteiger partial charge in [-0.2, -0.15) is 0 Å². The van der Waals surface area contributed by atoms with Crippen LogP contribution in [0.25, 0.3) is 0 Å². The lowest BCUT2D eigenvalue weighted by atomic mass is 10.1. The third-order valence-electron chi connectivity index (χ3n) is 2.99. The molecule has 2 rings (SSSR count). The summed E-state index contributed by atoms with van der Waals surface area (Å²) in [6.07, 6.45) is 1.69. The molecule has 6 heteroatoms. The van der Waals surface area contributed by atoms with Crippen LogP contribution in [0.2, 0.25) is 0 Å². The molecule has 1 aromatic heterocycles. The lowest BCUT2D eigenvalue weighted by Gasteiger charge is -2.18. The van der Waals surface area contributed by atoms with Gasteiger partial charge in [-0.15, -0.1) is 0 Å². The fourth-order valence-corrected chi connectivity index (χ4v) is 2.86. The van der Waals surface area contributed by atoms with Gasteiger partial charge in [0.25, 0.3) is 0 Å². The van der Waals surface area contributed by atoms with Crippen molar-refractivity contribution in [1.29, 1.82) is 0 Å². The van der Waals surface area contributed by atoms with Crippen LogP contribution in [-0.2, 0) is 4.79 Å². The van der Waals surface area contributed by atoms with Crippen LogP contribution in [-0.4, -0.2) is 26.4 Å². The second-order valence-corrected chi connectivity index (χ2v) is 5.41. The predicted molar refractivity (Wildman–Crippen MR) is 75.5 cm³/mol. The average Bonchev–Trinajstić information content (AvgIpc) is 2.76. The van der Waals surface area contributed by atoms with Crippen molar-refractivity contribution in [2.75, 3.05) is 5.75 Å². The van der Waals surface area contributed by atoms with Gasteiger partial charge in [0, 0.05) is 11.9 Å². The van der Waals surface area contributed by atoms with E-state index < -0.39 is 5.97 Å². The highest BCUT2D eigenvalue weighted by atomic mass is 32.2. The van der Waals surface area contributed by atoms with E-state index in [9.17, 15) is 9.18 Å². The van der Waals surface area contributed by atoms with E-state index in [4.69, 9.17) is 5.11 Å². The maximum absolute atomic E-state index is 13.3. The SMILES string of the molecule is Cc1cnc(SCC(=O)O)n1C(C)c1cccc(F)c1. The Kier molecular flexibility index (Phi) is 4.44. The summed E-state index contributed by atoms with van der Waals surface area (Å²) in [6, 6.07) is 6.29. The first-order valence-corrected chi connectivity index (χ1v) is 7.11. The lowest BCUT2D eigenvalue weighted by Crippen LogP contribution is -2.11. The zero-order valence-corrected chi connectivity index (χ0v) is 12.0. The Morgan fingerprint density at radius 1 is 1.55 bits per heavy atom. The molecule has 1 aromatic carbocycles. The Bertz CT molecular complexity index is 627. The Morgan fingerprint density at radius 2 is 2.30 bits per heavy atom. The zero-order valence-electron chi connectivity index (χ0n) is 11.2. The van der Waals surface area contributed by atoms with Gasteiger partial charge in [0.2, 0.25) is 0 Å². The van der Waals surface area contributed by atoms with E-state index in [-0.39, 0.29) is 17.6 Å². The van der Waals surface area contributed by atoms with Gasteiger partial charge in [0.05, 0.1) is 11.8 Å². The molecular formula is C14H15FN2O2S. The summed E-state index contributed by atoms with van der Waals surface area (Å²) in [5, 5.41) is 9.38. The van der Waals surface area contributed by atoms with Crippen LogP contribution in [0.5, 0.6) is 0 Å². The average molecular weight is 294 g/mol. The Labute approximate surface area is 120 Å². The molecule has 0 bridgehead atoms. The first-order chi connectivity index (χ1) is 9.49. The smallest absolute Gasteiger partial charge is 0.313 e. The summed E-state index contributed by atoms with van der Waals surface area (Å²) in [5.41, 5.74) is 1.73. The van der Waals surface area contributed by atoms with Crippen molar-refractivity contribution < 1.29 is 14.3 Å². The van der Waals surface area contributed by atoms with Crippen molar-refractivity contribution in [1.82, 2.24) is 9.55 Å². The standard InChI is InChI=1S/C14H15FN2O2S/c1-9-7-16-14(20-8-13(18)19)17(9)10(2)11-4-3-5-12(15)6-11/h3-7,10H,8H2,1-2H3,(H,18,19). The number of aromatic nitrogens is 2. The molecule has 1 heterocycles. The molecule has 0 spiro atoms. The summed E-state index contributed by atoms with van der Waals surface area (Å²) in [4.78, 5) is 14.9. The van der Waals surface area contributed by atoms with E-state index in [1.807, 2.05) is 24.5 Å². The number of rotatable bonds is 5. The third-order valence-corrected chi connectivity index (χ3v) is 3.94. The number of benzene rings is 1. The molecule has 4 nitrogen and oxygen atoms in total. The number of carboxylic acids is 1. The predicted octanol–water partition coefficient (Wildman–Crippen LogP) is 3.12. The third kappa shape index (κ3) is 3.19. The quantitative estimate of drug-likeness (QED) is 0.861. The van der Waals surface area contributed by atoms with E-state index in [1.165, 1.54) is 12.1 Å². The van der Waals surface area contributed by atoms with Crippen LogP contribution in [0, 0.1) is 12.7 Å². The summed E-state index contributed by atoms with van der Waals surface area (Å²) in [5.74, 6) is -1.22. The van der Waals surface area contributed by atoms with Crippen molar-refractivity contribution >= 4 is 17.7 Å². The maximum Gasteiger partial charge on any atom is 0.313 e. The van der Waals surface area contributed by atoms with Crippen LogP contribution in [0.4, 0.5) is 4.39 Å². The van der Waals surface area contributed by atoms with Crippen LogP contribution < -0.4 is 0 Å². The second-order valence-electron chi connectivity index (χ2n) is 4.47. The molecule has 0 saturated carbocycles. The number of aryl methyl sites for hydroxylation is 1. The van der Waals surface area contributed by atoms with Crippen molar-refractivity contribution in [3.8, 4) is 0 Å². The van der Waals surface area contributed by atoms with E-state index in [1.54, 1.807) is 12.3 Å². The maximum atomic E-state index is 13.3. The van der Waals surface area contributed by atoms with Crippen LogP contribution in [0.3, 0.4) is 0 Å². The van der Waals surface area contributed by atoms with Gasteiger partial charge in [0.1, 0.15) is 5.82 Å². The van der Waals surface area contributed by atoms with E-state index >= 15 is 0 Å². The van der Waals surface area contributed by atoms with Crippen molar-refractivity contribution in [3.05, 3.63) is 47.5 Å². The normalized spacial score (nSPS) is 12.3. The summed E-state index contributed by atoms with van der Waals surface area (Å²) < 4.78 is 15.2. The number of hydrogen-bond donors (Lipinski definition) is 1. The van der Waals surface area contributed by atoms with Gasteiger partial charge in [-0.1, -0.05) is 23.9 Å².